The third-order valence-corrected chi connectivity index (χ3v) is 2.49. The van der Waals surface area contributed by atoms with Crippen LogP contribution < -0.4 is 5.32 Å². The molecule has 1 aliphatic rings. The van der Waals surface area contributed by atoms with E-state index in [2.05, 4.69) is 11.9 Å². The van der Waals surface area contributed by atoms with Gasteiger partial charge in [0.05, 0.1) is 0 Å². The van der Waals surface area contributed by atoms with E-state index in [9.17, 15) is 5.11 Å². The largest absolute Gasteiger partial charge is 0.508 e. The molecule has 1 atom stereocenters. The molecule has 2 rings (SSSR count). The van der Waals surface area contributed by atoms with E-state index < -0.39 is 0 Å². The van der Waals surface area contributed by atoms with E-state index in [1.807, 2.05) is 12.1 Å². The van der Waals surface area contributed by atoms with Crippen LogP contribution in [0.2, 0.25) is 0 Å². The summed E-state index contributed by atoms with van der Waals surface area (Å²) in [4.78, 5) is 0. The lowest BCUT2D eigenvalue weighted by Crippen LogP contribution is -2.34. The summed E-state index contributed by atoms with van der Waals surface area (Å²) in [5.41, 5.74) is 2.05. The molecule has 0 aliphatic carbocycles. The molecular formula is C11H13NO. The van der Waals surface area contributed by atoms with Crippen molar-refractivity contribution < 1.29 is 5.11 Å². The van der Waals surface area contributed by atoms with Gasteiger partial charge in [0, 0.05) is 11.6 Å². The van der Waals surface area contributed by atoms with Crippen LogP contribution in [0.3, 0.4) is 0 Å². The number of phenols is 1. The lowest BCUT2D eigenvalue weighted by atomic mass is 9.95. The summed E-state index contributed by atoms with van der Waals surface area (Å²) in [6, 6.07) is 5.91. The maximum atomic E-state index is 9.59. The Bertz CT molecular complexity index is 329. The van der Waals surface area contributed by atoms with Gasteiger partial charge in [-0.2, -0.15) is 0 Å². The highest BCUT2D eigenvalue weighted by Crippen LogP contribution is 2.31. The first-order chi connectivity index (χ1) is 6.31. The first-order valence-electron chi connectivity index (χ1n) is 4.50. The second-order valence-corrected chi connectivity index (χ2v) is 3.32. The van der Waals surface area contributed by atoms with Crippen molar-refractivity contribution in [3.05, 3.63) is 35.9 Å². The van der Waals surface area contributed by atoms with Crippen LogP contribution in [0.5, 0.6) is 5.75 Å². The normalized spacial score (nSPS) is 20.8. The molecule has 0 bridgehead atoms. The molecule has 1 heterocycles. The summed E-state index contributed by atoms with van der Waals surface area (Å²) in [7, 11) is 0. The number of hydrogen-bond acceptors (Lipinski definition) is 2. The van der Waals surface area contributed by atoms with Gasteiger partial charge in [0.2, 0.25) is 0 Å². The lowest BCUT2D eigenvalue weighted by Gasteiger charge is -2.28. The Labute approximate surface area is 77.9 Å². The van der Waals surface area contributed by atoms with Gasteiger partial charge in [0.1, 0.15) is 5.75 Å². The Kier molecular flexibility index (Phi) is 2.07. The third-order valence-electron chi connectivity index (χ3n) is 2.49. The van der Waals surface area contributed by atoms with Crippen LogP contribution in [0.15, 0.2) is 24.8 Å². The number of aromatic hydroxyl groups is 1. The van der Waals surface area contributed by atoms with E-state index in [0.717, 1.165) is 24.1 Å². The number of rotatable bonds is 2. The molecule has 13 heavy (non-hydrogen) atoms. The molecule has 0 aromatic heterocycles. The number of benzene rings is 1. The van der Waals surface area contributed by atoms with Crippen molar-refractivity contribution in [1.82, 2.24) is 5.32 Å². The fourth-order valence-corrected chi connectivity index (χ4v) is 1.53. The average molecular weight is 175 g/mol. The summed E-state index contributed by atoms with van der Waals surface area (Å²) in [6.45, 7) is 4.75. The van der Waals surface area contributed by atoms with Gasteiger partial charge in [-0.1, -0.05) is 18.7 Å². The lowest BCUT2D eigenvalue weighted by molar-refractivity contribution is 0.364. The molecule has 1 saturated heterocycles. The third kappa shape index (κ3) is 1.45. The van der Waals surface area contributed by atoms with Crippen LogP contribution in [0.25, 0.3) is 6.08 Å². The van der Waals surface area contributed by atoms with Gasteiger partial charge in [-0.05, 0) is 30.7 Å². The van der Waals surface area contributed by atoms with Crippen LogP contribution in [0.4, 0.5) is 0 Å². The van der Waals surface area contributed by atoms with E-state index in [0.29, 0.717) is 11.8 Å². The molecule has 0 saturated carbocycles. The number of nitrogens with one attached hydrogen (secondary N) is 1. The van der Waals surface area contributed by atoms with Gasteiger partial charge in [-0.3, -0.25) is 0 Å². The van der Waals surface area contributed by atoms with Crippen molar-refractivity contribution in [2.75, 3.05) is 6.54 Å². The van der Waals surface area contributed by atoms with Crippen molar-refractivity contribution in [3.63, 3.8) is 0 Å². The topological polar surface area (TPSA) is 32.3 Å². The SMILES string of the molecule is C=Cc1ccc(O)c([C@@H]2CCN2)c1. The first kappa shape index (κ1) is 8.32. The van der Waals surface area contributed by atoms with Gasteiger partial charge < -0.3 is 10.4 Å². The molecule has 0 amide bonds. The summed E-state index contributed by atoms with van der Waals surface area (Å²) in [5.74, 6) is 0.378. The van der Waals surface area contributed by atoms with E-state index in [4.69, 9.17) is 0 Å². The maximum Gasteiger partial charge on any atom is 0.120 e. The van der Waals surface area contributed by atoms with Crippen LogP contribution in [0, 0.1) is 0 Å². The summed E-state index contributed by atoms with van der Waals surface area (Å²) in [5, 5.41) is 12.9. The molecule has 2 N–H and O–H groups in total. The number of phenolic OH excluding ortho intramolecular Hbond substituents is 1. The van der Waals surface area contributed by atoms with Gasteiger partial charge in [-0.15, -0.1) is 0 Å². The Morgan fingerprint density at radius 3 is 2.85 bits per heavy atom. The molecule has 1 fully saturated rings. The Hall–Kier alpha value is -1.28. The zero-order chi connectivity index (χ0) is 9.26. The highest BCUT2D eigenvalue weighted by atomic mass is 16.3. The van der Waals surface area contributed by atoms with Crippen molar-refractivity contribution in [2.24, 2.45) is 0 Å². The number of hydrogen-bond donors (Lipinski definition) is 2. The van der Waals surface area contributed by atoms with Crippen molar-refractivity contribution in [3.8, 4) is 5.75 Å². The van der Waals surface area contributed by atoms with Crippen LogP contribution in [0.1, 0.15) is 23.6 Å². The average Bonchev–Trinajstić information content (AvgIpc) is 2.06. The Balaban J connectivity index is 2.35. The van der Waals surface area contributed by atoms with Gasteiger partial charge in [0.15, 0.2) is 0 Å². The molecule has 68 valence electrons. The standard InChI is InChI=1S/C11H13NO/c1-2-8-3-4-11(13)9(7-8)10-5-6-12-10/h2-4,7,10,12-13H,1,5-6H2/t10-/m0/s1. The minimum Gasteiger partial charge on any atom is -0.508 e. The summed E-state index contributed by atoms with van der Waals surface area (Å²) in [6.07, 6.45) is 2.90. The first-order valence-corrected chi connectivity index (χ1v) is 4.50. The quantitative estimate of drug-likeness (QED) is 0.721. The molecular weight excluding hydrogens is 162 g/mol. The maximum absolute atomic E-state index is 9.59. The molecule has 1 aliphatic heterocycles. The minimum absolute atomic E-state index is 0.333. The molecule has 2 nitrogen and oxygen atoms in total. The van der Waals surface area contributed by atoms with Gasteiger partial charge in [-0.25, -0.2) is 0 Å². The van der Waals surface area contributed by atoms with Gasteiger partial charge in [0.25, 0.3) is 0 Å². The van der Waals surface area contributed by atoms with E-state index in [1.165, 1.54) is 0 Å². The molecule has 0 spiro atoms. The predicted molar refractivity (Wildman–Crippen MR) is 53.6 cm³/mol. The highest BCUT2D eigenvalue weighted by Gasteiger charge is 2.21. The smallest absolute Gasteiger partial charge is 0.120 e. The molecule has 1 aromatic rings. The van der Waals surface area contributed by atoms with Crippen LogP contribution in [-0.4, -0.2) is 11.7 Å². The summed E-state index contributed by atoms with van der Waals surface area (Å²) < 4.78 is 0. The van der Waals surface area contributed by atoms with Gasteiger partial charge >= 0.3 is 0 Å². The fraction of sp³-hybridized carbons (Fsp3) is 0.273. The Morgan fingerprint density at radius 2 is 2.31 bits per heavy atom. The zero-order valence-corrected chi connectivity index (χ0v) is 7.46. The minimum atomic E-state index is 0.333. The van der Waals surface area contributed by atoms with E-state index >= 15 is 0 Å². The van der Waals surface area contributed by atoms with Crippen molar-refractivity contribution in [1.29, 1.82) is 0 Å². The Morgan fingerprint density at radius 1 is 1.54 bits per heavy atom. The molecule has 1 aromatic carbocycles. The van der Waals surface area contributed by atoms with Crippen LogP contribution in [-0.2, 0) is 0 Å². The zero-order valence-electron chi connectivity index (χ0n) is 7.46. The van der Waals surface area contributed by atoms with E-state index in [-0.39, 0.29) is 0 Å². The second kappa shape index (κ2) is 3.23. The molecule has 2 heteroatoms. The molecule has 0 radical (unpaired) electrons. The van der Waals surface area contributed by atoms with Crippen molar-refractivity contribution >= 4 is 6.08 Å². The summed E-state index contributed by atoms with van der Waals surface area (Å²) >= 11 is 0. The molecule has 0 unspecified atom stereocenters. The highest BCUT2D eigenvalue weighted by molar-refractivity contribution is 5.52. The second-order valence-electron chi connectivity index (χ2n) is 3.32. The fourth-order valence-electron chi connectivity index (χ4n) is 1.53. The van der Waals surface area contributed by atoms with E-state index in [1.54, 1.807) is 12.1 Å². The van der Waals surface area contributed by atoms with Crippen molar-refractivity contribution in [2.45, 2.75) is 12.5 Å². The monoisotopic (exact) mass is 175 g/mol. The predicted octanol–water partition coefficient (Wildman–Crippen LogP) is 2.07. The van der Waals surface area contributed by atoms with Crippen LogP contribution >= 0.6 is 0 Å².